The molecule has 0 aromatic carbocycles. The fourth-order valence-corrected chi connectivity index (χ4v) is 4.09. The molecule has 24 heavy (non-hydrogen) atoms. The second-order valence-corrected chi connectivity index (χ2v) is 8.91. The van der Waals surface area contributed by atoms with E-state index in [1.54, 1.807) is 13.3 Å². The molecule has 3 heterocycles. The Morgan fingerprint density at radius 3 is 2.79 bits per heavy atom. The predicted molar refractivity (Wildman–Crippen MR) is 97.3 cm³/mol. The monoisotopic (exact) mass is 348 g/mol. The van der Waals surface area contributed by atoms with Crippen LogP contribution in [0.3, 0.4) is 0 Å². The molecule has 7 heteroatoms. The smallest absolute Gasteiger partial charge is 0.163 e. The Morgan fingerprint density at radius 1 is 1.38 bits per heavy atom. The zero-order valence-electron chi connectivity index (χ0n) is 14.2. The quantitative estimate of drug-likeness (QED) is 0.899. The maximum absolute atomic E-state index is 11.6. The average molecular weight is 348 g/mol. The molecule has 2 aromatic rings. The highest BCUT2D eigenvalue weighted by molar-refractivity contribution is 7.91. The van der Waals surface area contributed by atoms with Crippen LogP contribution in [0.1, 0.15) is 19.3 Å². The van der Waals surface area contributed by atoms with Gasteiger partial charge in [0.2, 0.25) is 0 Å². The van der Waals surface area contributed by atoms with Gasteiger partial charge in [-0.05, 0) is 31.2 Å². The van der Waals surface area contributed by atoms with Gasteiger partial charge in [0.15, 0.2) is 5.75 Å². The topological polar surface area (TPSA) is 79.2 Å². The van der Waals surface area contributed by atoms with Gasteiger partial charge in [0.1, 0.15) is 5.52 Å². The lowest BCUT2D eigenvalue weighted by atomic mass is 9.94. The molecule has 1 aliphatic rings. The molecule has 0 spiro atoms. The fraction of sp³-hybridized carbons (Fsp3) is 0.529. The van der Waals surface area contributed by atoms with Crippen LogP contribution in [0.2, 0.25) is 0 Å². The highest BCUT2D eigenvalue weighted by Crippen LogP contribution is 2.32. The second kappa shape index (κ2) is 6.93. The first-order valence-corrected chi connectivity index (χ1v) is 10.3. The minimum absolute atomic E-state index is 0.511. The predicted octanol–water partition coefficient (Wildman–Crippen LogP) is 2.92. The number of aromatic nitrogens is 2. The number of ether oxygens (including phenoxy) is 1. The van der Waals surface area contributed by atoms with Crippen molar-refractivity contribution in [2.24, 2.45) is 5.92 Å². The zero-order chi connectivity index (χ0) is 17.2. The Balaban J connectivity index is 1.74. The Hall–Kier alpha value is -1.89. The van der Waals surface area contributed by atoms with Crippen LogP contribution in [0.15, 0.2) is 24.7 Å². The minimum atomic E-state index is -2.37. The number of fused-ring (bicyclic) bond motifs is 1. The van der Waals surface area contributed by atoms with E-state index in [4.69, 9.17) is 9.52 Å². The molecule has 2 aromatic heterocycles. The Labute approximate surface area is 143 Å². The van der Waals surface area contributed by atoms with Crippen molar-refractivity contribution in [3.63, 3.8) is 0 Å². The SMILES string of the molecule is COc1cncc2c(N3CCC(CCS(C)(=N)=O)CC3)ccnc12. The lowest BCUT2D eigenvalue weighted by molar-refractivity contribution is 0.396. The molecule has 6 nitrogen and oxygen atoms in total. The van der Waals surface area contributed by atoms with E-state index >= 15 is 0 Å². The van der Waals surface area contributed by atoms with Crippen molar-refractivity contribution in [2.75, 3.05) is 37.1 Å². The summed E-state index contributed by atoms with van der Waals surface area (Å²) in [7, 11) is -0.736. The van der Waals surface area contributed by atoms with E-state index in [9.17, 15) is 4.21 Å². The van der Waals surface area contributed by atoms with Gasteiger partial charge in [-0.3, -0.25) is 19.0 Å². The number of methoxy groups -OCH3 is 1. The van der Waals surface area contributed by atoms with Gasteiger partial charge in [-0.2, -0.15) is 0 Å². The molecule has 1 aliphatic heterocycles. The summed E-state index contributed by atoms with van der Waals surface area (Å²) in [6.07, 6.45) is 9.91. The third-order valence-corrected chi connectivity index (χ3v) is 5.70. The fourth-order valence-electron chi connectivity index (χ4n) is 3.31. The highest BCUT2D eigenvalue weighted by Gasteiger charge is 2.22. The number of hydrogen-bond donors (Lipinski definition) is 1. The van der Waals surface area contributed by atoms with Crippen LogP contribution in [0.25, 0.3) is 10.9 Å². The van der Waals surface area contributed by atoms with Gasteiger partial charge in [-0.1, -0.05) is 0 Å². The first-order valence-electron chi connectivity index (χ1n) is 8.21. The molecule has 0 amide bonds. The second-order valence-electron chi connectivity index (χ2n) is 6.50. The first kappa shape index (κ1) is 17.0. The largest absolute Gasteiger partial charge is 0.493 e. The van der Waals surface area contributed by atoms with Crippen LogP contribution < -0.4 is 9.64 Å². The van der Waals surface area contributed by atoms with Gasteiger partial charge >= 0.3 is 0 Å². The molecule has 1 unspecified atom stereocenters. The van der Waals surface area contributed by atoms with Crippen LogP contribution in [0, 0.1) is 10.7 Å². The van der Waals surface area contributed by atoms with Crippen molar-refractivity contribution >= 4 is 26.3 Å². The molecule has 130 valence electrons. The van der Waals surface area contributed by atoms with E-state index in [0.29, 0.717) is 17.4 Å². The highest BCUT2D eigenvalue weighted by atomic mass is 32.2. The molecular weight excluding hydrogens is 324 g/mol. The van der Waals surface area contributed by atoms with Crippen LogP contribution in [-0.2, 0) is 9.73 Å². The van der Waals surface area contributed by atoms with Gasteiger partial charge in [0.25, 0.3) is 0 Å². The Morgan fingerprint density at radius 2 is 2.12 bits per heavy atom. The van der Waals surface area contributed by atoms with E-state index in [1.807, 2.05) is 18.5 Å². The van der Waals surface area contributed by atoms with Crippen LogP contribution in [0.5, 0.6) is 5.75 Å². The van der Waals surface area contributed by atoms with Crippen molar-refractivity contribution in [1.82, 2.24) is 9.97 Å². The molecule has 1 N–H and O–H groups in total. The summed E-state index contributed by atoms with van der Waals surface area (Å²) in [5.74, 6) is 1.77. The normalized spacial score (nSPS) is 18.5. The van der Waals surface area contributed by atoms with Crippen molar-refractivity contribution in [3.8, 4) is 5.75 Å². The summed E-state index contributed by atoms with van der Waals surface area (Å²) in [5, 5.41) is 1.01. The van der Waals surface area contributed by atoms with E-state index in [-0.39, 0.29) is 0 Å². The molecule has 1 fully saturated rings. The van der Waals surface area contributed by atoms with Crippen LogP contribution >= 0.6 is 0 Å². The summed E-state index contributed by atoms with van der Waals surface area (Å²) in [6.45, 7) is 1.92. The van der Waals surface area contributed by atoms with E-state index < -0.39 is 9.73 Å². The van der Waals surface area contributed by atoms with Crippen molar-refractivity contribution in [1.29, 1.82) is 4.78 Å². The maximum atomic E-state index is 11.6. The van der Waals surface area contributed by atoms with Crippen molar-refractivity contribution in [2.45, 2.75) is 19.3 Å². The third-order valence-electron chi connectivity index (χ3n) is 4.69. The number of rotatable bonds is 5. The third kappa shape index (κ3) is 3.77. The molecule has 0 bridgehead atoms. The summed E-state index contributed by atoms with van der Waals surface area (Å²) in [6, 6.07) is 2.03. The van der Waals surface area contributed by atoms with Crippen molar-refractivity contribution < 1.29 is 8.95 Å². The Kier molecular flexibility index (Phi) is 4.89. The summed E-state index contributed by atoms with van der Waals surface area (Å²) >= 11 is 0. The molecular formula is C17H24N4O2S. The Bertz CT molecular complexity index is 814. The number of anilines is 1. The first-order chi connectivity index (χ1) is 11.5. The summed E-state index contributed by atoms with van der Waals surface area (Å²) in [5.41, 5.74) is 1.98. The van der Waals surface area contributed by atoms with Gasteiger partial charge in [0.05, 0.1) is 13.3 Å². The number of nitrogens with zero attached hydrogens (tertiary/aromatic N) is 3. The van der Waals surface area contributed by atoms with Crippen LogP contribution in [-0.4, -0.2) is 46.4 Å². The summed E-state index contributed by atoms with van der Waals surface area (Å²) < 4.78 is 24.5. The lowest BCUT2D eigenvalue weighted by Gasteiger charge is -2.34. The van der Waals surface area contributed by atoms with Crippen molar-refractivity contribution in [3.05, 3.63) is 24.7 Å². The molecule has 1 atom stereocenters. The number of nitrogens with one attached hydrogen (secondary N) is 1. The number of hydrogen-bond acceptors (Lipinski definition) is 6. The van der Waals surface area contributed by atoms with E-state index in [0.717, 1.165) is 48.9 Å². The number of piperidine rings is 1. The van der Waals surface area contributed by atoms with E-state index in [1.165, 1.54) is 6.26 Å². The molecule has 0 saturated carbocycles. The summed E-state index contributed by atoms with van der Waals surface area (Å²) in [4.78, 5) is 11.1. The number of pyridine rings is 2. The molecule has 0 aliphatic carbocycles. The maximum Gasteiger partial charge on any atom is 0.163 e. The van der Waals surface area contributed by atoms with Gasteiger partial charge in [0, 0.05) is 58.3 Å². The van der Waals surface area contributed by atoms with Gasteiger partial charge in [-0.25, -0.2) is 0 Å². The van der Waals surface area contributed by atoms with Crippen LogP contribution in [0.4, 0.5) is 5.69 Å². The van der Waals surface area contributed by atoms with E-state index in [2.05, 4.69) is 14.9 Å². The molecule has 3 rings (SSSR count). The zero-order valence-corrected chi connectivity index (χ0v) is 15.0. The standard InChI is InChI=1S/C17H24N4O2S/c1-23-16-12-19-11-14-15(3-7-20-17(14)16)21-8-4-13(5-9-21)6-10-24(2,18)22/h3,7,11-13,18H,4-6,8-10H2,1-2H3. The lowest BCUT2D eigenvalue weighted by Crippen LogP contribution is -2.34. The van der Waals surface area contributed by atoms with Gasteiger partial charge < -0.3 is 9.64 Å². The molecule has 1 saturated heterocycles. The molecule has 0 radical (unpaired) electrons. The van der Waals surface area contributed by atoms with Gasteiger partial charge in [-0.15, -0.1) is 0 Å². The average Bonchev–Trinajstić information content (AvgIpc) is 2.59. The minimum Gasteiger partial charge on any atom is -0.493 e.